The Hall–Kier alpha value is -0.600. The minimum Gasteiger partial charge on any atom is -0.330 e. The van der Waals surface area contributed by atoms with Crippen molar-refractivity contribution < 1.29 is 0 Å². The summed E-state index contributed by atoms with van der Waals surface area (Å²) in [6.45, 7) is 24.5. The van der Waals surface area contributed by atoms with E-state index in [9.17, 15) is 0 Å². The fraction of sp³-hybridized carbons (Fsp3) is 1.00. The fourth-order valence-corrected chi connectivity index (χ4v) is 5.06. The van der Waals surface area contributed by atoms with E-state index < -0.39 is 0 Å². The van der Waals surface area contributed by atoms with Gasteiger partial charge in [0.1, 0.15) is 0 Å². The van der Waals surface area contributed by atoms with Crippen LogP contribution in [0.4, 0.5) is 0 Å². The van der Waals surface area contributed by atoms with Gasteiger partial charge in [-0.3, -0.25) is 24.5 Å². The van der Waals surface area contributed by atoms with E-state index in [0.29, 0.717) is 45.8 Å². The van der Waals surface area contributed by atoms with Gasteiger partial charge < -0.3 is 56.1 Å². The quantitative estimate of drug-likeness (QED) is 0.0290. The van der Waals surface area contributed by atoms with Gasteiger partial charge in [-0.25, -0.2) is 0 Å². The molecule has 0 aromatic rings. The highest BCUT2D eigenvalue weighted by molar-refractivity contribution is 4.72. The van der Waals surface area contributed by atoms with Crippen LogP contribution in [0, 0.1) is 0 Å². The standard InChI is InChI=1S/C29H75N15/c30-2-1-9-37-12-20-43(27-25-42(18-8-36)24-22-40(15-5-33)16-6-34)28-29-44(21-14-39-11-4-32)26-23-41(17-7-35)19-13-38-10-3-31/h37-39H,1-36H2. The predicted molar refractivity (Wildman–Crippen MR) is 189 cm³/mol. The molecule has 266 valence electrons. The molecule has 0 saturated carbocycles. The smallest absolute Gasteiger partial charge is 0.0110 e. The van der Waals surface area contributed by atoms with E-state index in [1.165, 1.54) is 0 Å². The Morgan fingerprint density at radius 2 is 0.523 bits per heavy atom. The fourth-order valence-electron chi connectivity index (χ4n) is 5.06. The molecule has 17 N–H and O–H groups in total. The van der Waals surface area contributed by atoms with E-state index >= 15 is 0 Å². The summed E-state index contributed by atoms with van der Waals surface area (Å²) in [5, 5.41) is 10.4. The van der Waals surface area contributed by atoms with E-state index in [1.807, 2.05) is 0 Å². The van der Waals surface area contributed by atoms with Crippen molar-refractivity contribution in [3.63, 3.8) is 0 Å². The molecule has 0 bridgehead atoms. The summed E-state index contributed by atoms with van der Waals surface area (Å²) in [4.78, 5) is 12.4. The van der Waals surface area contributed by atoms with Crippen molar-refractivity contribution in [2.45, 2.75) is 6.42 Å². The van der Waals surface area contributed by atoms with Crippen molar-refractivity contribution in [3.05, 3.63) is 0 Å². The van der Waals surface area contributed by atoms with Crippen LogP contribution in [0.5, 0.6) is 0 Å². The third-order valence-electron chi connectivity index (χ3n) is 7.73. The Morgan fingerprint density at radius 1 is 0.250 bits per heavy atom. The first-order valence-corrected chi connectivity index (χ1v) is 17.2. The average molecular weight is 634 g/mol. The van der Waals surface area contributed by atoms with E-state index in [4.69, 9.17) is 40.1 Å². The maximum atomic E-state index is 6.01. The third kappa shape index (κ3) is 26.6. The molecule has 0 spiro atoms. The first-order valence-electron chi connectivity index (χ1n) is 17.2. The number of nitrogens with one attached hydrogen (secondary N) is 3. The minimum absolute atomic E-state index is 0.648. The second-order valence-electron chi connectivity index (χ2n) is 11.3. The highest BCUT2D eigenvalue weighted by Gasteiger charge is 2.14. The summed E-state index contributed by atoms with van der Waals surface area (Å²) in [7, 11) is 0. The van der Waals surface area contributed by atoms with Crippen molar-refractivity contribution in [2.24, 2.45) is 40.1 Å². The first-order chi connectivity index (χ1) is 21.6. The number of hydrogen-bond acceptors (Lipinski definition) is 15. The zero-order valence-corrected chi connectivity index (χ0v) is 28.3. The first kappa shape index (κ1) is 43.4. The van der Waals surface area contributed by atoms with Crippen molar-refractivity contribution in [3.8, 4) is 0 Å². The second kappa shape index (κ2) is 33.8. The molecule has 0 amide bonds. The molecule has 15 heteroatoms. The Bertz CT molecular complexity index is 557. The summed E-state index contributed by atoms with van der Waals surface area (Å²) in [6.07, 6.45) is 0.997. The van der Waals surface area contributed by atoms with Crippen molar-refractivity contribution >= 4 is 0 Å². The molecular formula is C29H75N15. The molecule has 0 aromatic carbocycles. The summed E-state index contributed by atoms with van der Waals surface area (Å²) in [6, 6.07) is 0. The predicted octanol–water partition coefficient (Wildman–Crippen LogP) is -5.63. The monoisotopic (exact) mass is 634 g/mol. The molecule has 0 saturated heterocycles. The summed E-state index contributed by atoms with van der Waals surface area (Å²) in [5.74, 6) is 0. The maximum absolute atomic E-state index is 6.01. The van der Waals surface area contributed by atoms with Gasteiger partial charge in [0, 0.05) is 170 Å². The molecular weight excluding hydrogens is 558 g/mol. The molecule has 44 heavy (non-hydrogen) atoms. The van der Waals surface area contributed by atoms with Crippen LogP contribution < -0.4 is 56.1 Å². The van der Waals surface area contributed by atoms with Gasteiger partial charge in [-0.1, -0.05) is 0 Å². The van der Waals surface area contributed by atoms with Crippen LogP contribution in [-0.2, 0) is 0 Å². The Morgan fingerprint density at radius 3 is 0.818 bits per heavy atom. The van der Waals surface area contributed by atoms with Crippen LogP contribution >= 0.6 is 0 Å². The van der Waals surface area contributed by atoms with Crippen LogP contribution in [0.1, 0.15) is 6.42 Å². The van der Waals surface area contributed by atoms with Crippen molar-refractivity contribution in [1.82, 2.24) is 40.4 Å². The molecule has 0 fully saturated rings. The SMILES string of the molecule is NCCCNCCN(CCN(CCN)CCN(CCN)CCN)CCN(CCNCCN)CCN(CCN)CCNCCN. The van der Waals surface area contributed by atoms with Crippen molar-refractivity contribution in [2.75, 3.05) is 183 Å². The van der Waals surface area contributed by atoms with Gasteiger partial charge in [0.25, 0.3) is 0 Å². The molecule has 0 rings (SSSR count). The van der Waals surface area contributed by atoms with Gasteiger partial charge >= 0.3 is 0 Å². The molecule has 0 unspecified atom stereocenters. The van der Waals surface area contributed by atoms with Gasteiger partial charge in [0.15, 0.2) is 0 Å². The molecule has 15 nitrogen and oxygen atoms in total. The van der Waals surface area contributed by atoms with Crippen LogP contribution in [-0.4, -0.2) is 208 Å². The Balaban J connectivity index is 5.24. The number of hydrogen-bond donors (Lipinski definition) is 10. The van der Waals surface area contributed by atoms with Crippen LogP contribution in [0.25, 0.3) is 0 Å². The molecule has 0 aromatic heterocycles. The molecule has 0 heterocycles. The normalized spacial score (nSPS) is 12.3. The second-order valence-corrected chi connectivity index (χ2v) is 11.3. The number of rotatable bonds is 36. The summed E-state index contributed by atoms with van der Waals surface area (Å²) < 4.78 is 0. The van der Waals surface area contributed by atoms with E-state index in [1.54, 1.807) is 0 Å². The molecule has 0 aliphatic rings. The topological polar surface area (TPSA) is 234 Å². The zero-order chi connectivity index (χ0) is 32.5. The van der Waals surface area contributed by atoms with Gasteiger partial charge in [0.2, 0.25) is 0 Å². The minimum atomic E-state index is 0.648. The lowest BCUT2D eigenvalue weighted by atomic mass is 10.3. The number of nitrogens with zero attached hydrogens (tertiary/aromatic N) is 5. The molecule has 0 aliphatic carbocycles. The van der Waals surface area contributed by atoms with E-state index in [2.05, 4.69) is 40.4 Å². The third-order valence-corrected chi connectivity index (χ3v) is 7.73. The average Bonchev–Trinajstić information content (AvgIpc) is 3.02. The number of nitrogens with two attached hydrogens (primary N) is 7. The van der Waals surface area contributed by atoms with Gasteiger partial charge in [-0.2, -0.15) is 0 Å². The lowest BCUT2D eigenvalue weighted by Crippen LogP contribution is -2.47. The van der Waals surface area contributed by atoms with Gasteiger partial charge in [-0.15, -0.1) is 0 Å². The lowest BCUT2D eigenvalue weighted by Gasteiger charge is -2.32. The summed E-state index contributed by atoms with van der Waals surface area (Å²) >= 11 is 0. The van der Waals surface area contributed by atoms with Crippen LogP contribution in [0.2, 0.25) is 0 Å². The highest BCUT2D eigenvalue weighted by atomic mass is 15.3. The van der Waals surface area contributed by atoms with E-state index in [-0.39, 0.29) is 0 Å². The maximum Gasteiger partial charge on any atom is 0.0110 e. The van der Waals surface area contributed by atoms with Crippen LogP contribution in [0.15, 0.2) is 0 Å². The van der Waals surface area contributed by atoms with Gasteiger partial charge in [0.05, 0.1) is 0 Å². The Labute approximate surface area is 270 Å². The van der Waals surface area contributed by atoms with Crippen LogP contribution in [0.3, 0.4) is 0 Å². The molecule has 0 atom stereocenters. The molecule has 0 radical (unpaired) electrons. The zero-order valence-electron chi connectivity index (χ0n) is 28.3. The summed E-state index contributed by atoms with van der Waals surface area (Å²) in [5.41, 5.74) is 40.6. The Kier molecular flexibility index (Phi) is 33.3. The van der Waals surface area contributed by atoms with E-state index in [0.717, 1.165) is 144 Å². The molecule has 0 aliphatic heterocycles. The highest BCUT2D eigenvalue weighted by Crippen LogP contribution is 1.99. The van der Waals surface area contributed by atoms with Crippen molar-refractivity contribution in [1.29, 1.82) is 0 Å². The van der Waals surface area contributed by atoms with Gasteiger partial charge in [-0.05, 0) is 19.5 Å². The lowest BCUT2D eigenvalue weighted by molar-refractivity contribution is 0.156. The largest absolute Gasteiger partial charge is 0.330 e.